The summed E-state index contributed by atoms with van der Waals surface area (Å²) in [6.45, 7) is 15.7. The van der Waals surface area contributed by atoms with Crippen molar-refractivity contribution in [2.75, 3.05) is 13.2 Å². The third kappa shape index (κ3) is 9.79. The van der Waals surface area contributed by atoms with E-state index >= 15 is 0 Å². The van der Waals surface area contributed by atoms with Gasteiger partial charge in [-0.1, -0.05) is 0 Å². The molecule has 0 rings (SSSR count). The topological polar surface area (TPSA) is 46.2 Å². The molecule has 0 unspecified atom stereocenters. The third-order valence-electron chi connectivity index (χ3n) is 1.50. The van der Waals surface area contributed by atoms with Gasteiger partial charge in [-0.15, -0.1) is 0 Å². The first-order valence-electron chi connectivity index (χ1n) is 6.29. The molecule has 5 nitrogen and oxygen atoms in total. The van der Waals surface area contributed by atoms with Crippen molar-refractivity contribution in [3.63, 3.8) is 0 Å². The molecule has 0 aromatic carbocycles. The molecule has 0 saturated carbocycles. The minimum Gasteiger partial charge on any atom is -0.376 e. The molecular formula is C13H28O5. The van der Waals surface area contributed by atoms with Crippen molar-refractivity contribution < 1.29 is 24.3 Å². The van der Waals surface area contributed by atoms with Crippen LogP contribution in [0.3, 0.4) is 0 Å². The van der Waals surface area contributed by atoms with E-state index in [0.29, 0.717) is 6.61 Å². The Morgan fingerprint density at radius 3 is 1.33 bits per heavy atom. The summed E-state index contributed by atoms with van der Waals surface area (Å²) in [4.78, 5) is 21.2. The summed E-state index contributed by atoms with van der Waals surface area (Å²) in [5, 5.41) is 0. The van der Waals surface area contributed by atoms with Gasteiger partial charge in [0.25, 0.3) is 5.79 Å². The summed E-state index contributed by atoms with van der Waals surface area (Å²) in [7, 11) is 0. The smallest absolute Gasteiger partial charge is 0.254 e. The molecule has 5 heteroatoms. The molecule has 0 aliphatic rings. The van der Waals surface area contributed by atoms with Crippen LogP contribution >= 0.6 is 0 Å². The van der Waals surface area contributed by atoms with Crippen molar-refractivity contribution in [1.29, 1.82) is 0 Å². The summed E-state index contributed by atoms with van der Waals surface area (Å²) < 4.78 is 5.32. The number of ether oxygens (including phenoxy) is 1. The molecule has 0 fully saturated rings. The van der Waals surface area contributed by atoms with Gasteiger partial charge in [0.2, 0.25) is 0 Å². The quantitative estimate of drug-likeness (QED) is 0.401. The first kappa shape index (κ1) is 17.8. The van der Waals surface area contributed by atoms with Crippen LogP contribution in [0.15, 0.2) is 0 Å². The molecule has 0 spiro atoms. The minimum absolute atomic E-state index is 0.218. The van der Waals surface area contributed by atoms with Crippen LogP contribution in [0.5, 0.6) is 0 Å². The van der Waals surface area contributed by atoms with Crippen molar-refractivity contribution >= 4 is 0 Å². The lowest BCUT2D eigenvalue weighted by atomic mass is 10.2. The van der Waals surface area contributed by atoms with E-state index in [9.17, 15) is 0 Å². The molecule has 0 atom stereocenters. The van der Waals surface area contributed by atoms with E-state index in [0.717, 1.165) is 0 Å². The average molecular weight is 264 g/mol. The zero-order valence-corrected chi connectivity index (χ0v) is 13.0. The Morgan fingerprint density at radius 2 is 1.06 bits per heavy atom. The van der Waals surface area contributed by atoms with Gasteiger partial charge < -0.3 is 4.74 Å². The van der Waals surface area contributed by atoms with Crippen LogP contribution in [0.1, 0.15) is 55.4 Å². The molecule has 0 bridgehead atoms. The maximum Gasteiger partial charge on any atom is 0.254 e. The van der Waals surface area contributed by atoms with Crippen LogP contribution in [0.2, 0.25) is 0 Å². The maximum absolute atomic E-state index is 5.32. The molecule has 0 aromatic heterocycles. The molecule has 0 heterocycles. The molecule has 0 aromatic rings. The maximum atomic E-state index is 5.32. The fourth-order valence-corrected chi connectivity index (χ4v) is 0.776. The van der Waals surface area contributed by atoms with Gasteiger partial charge in [-0.2, -0.15) is 9.78 Å². The van der Waals surface area contributed by atoms with Crippen LogP contribution in [-0.2, 0) is 24.3 Å². The van der Waals surface area contributed by atoms with Gasteiger partial charge in [0, 0.05) is 6.61 Å². The van der Waals surface area contributed by atoms with E-state index in [1.54, 1.807) is 6.92 Å². The first-order chi connectivity index (χ1) is 7.97. The van der Waals surface area contributed by atoms with E-state index in [2.05, 4.69) is 0 Å². The van der Waals surface area contributed by atoms with Gasteiger partial charge in [0.05, 0.1) is 11.2 Å². The summed E-state index contributed by atoms with van der Waals surface area (Å²) >= 11 is 0. The number of rotatable bonds is 7. The molecule has 0 amide bonds. The third-order valence-corrected chi connectivity index (χ3v) is 1.50. The predicted octanol–water partition coefficient (Wildman–Crippen LogP) is 3.23. The molecule has 0 aliphatic heterocycles. The molecule has 0 saturated heterocycles. The zero-order valence-electron chi connectivity index (χ0n) is 13.0. The highest BCUT2D eigenvalue weighted by Crippen LogP contribution is 2.21. The monoisotopic (exact) mass is 264 g/mol. The highest BCUT2D eigenvalue weighted by atomic mass is 17.3. The summed E-state index contributed by atoms with van der Waals surface area (Å²) in [5.41, 5.74) is -0.864. The summed E-state index contributed by atoms with van der Waals surface area (Å²) in [6.07, 6.45) is 0. The molecule has 0 N–H and O–H groups in total. The fraction of sp³-hybridized carbons (Fsp3) is 1.00. The Hall–Kier alpha value is -0.200. The van der Waals surface area contributed by atoms with Gasteiger partial charge in [0.15, 0.2) is 0 Å². The largest absolute Gasteiger partial charge is 0.376 e. The van der Waals surface area contributed by atoms with Gasteiger partial charge in [-0.3, -0.25) is 0 Å². The Kier molecular flexibility index (Phi) is 6.74. The van der Waals surface area contributed by atoms with Crippen molar-refractivity contribution in [3.8, 4) is 0 Å². The zero-order chi connectivity index (χ0) is 14.4. The van der Waals surface area contributed by atoms with Gasteiger partial charge in [0.1, 0.15) is 6.61 Å². The number of hydrogen-bond acceptors (Lipinski definition) is 5. The fourth-order valence-electron chi connectivity index (χ4n) is 0.776. The highest BCUT2D eigenvalue weighted by molar-refractivity contribution is 4.62. The van der Waals surface area contributed by atoms with E-state index in [1.165, 1.54) is 0 Å². The van der Waals surface area contributed by atoms with Gasteiger partial charge in [-0.05, 0) is 55.4 Å². The highest BCUT2D eigenvalue weighted by Gasteiger charge is 2.34. The second-order valence-corrected chi connectivity index (χ2v) is 6.33. The lowest BCUT2D eigenvalue weighted by Gasteiger charge is -2.32. The van der Waals surface area contributed by atoms with Crippen LogP contribution < -0.4 is 0 Å². The van der Waals surface area contributed by atoms with Crippen molar-refractivity contribution in [2.24, 2.45) is 0 Å². The Labute approximate surface area is 111 Å². The summed E-state index contributed by atoms with van der Waals surface area (Å²) in [6, 6.07) is 0. The molecule has 0 aliphatic carbocycles. The van der Waals surface area contributed by atoms with Crippen LogP contribution in [0.4, 0.5) is 0 Å². The van der Waals surface area contributed by atoms with Crippen molar-refractivity contribution in [3.05, 3.63) is 0 Å². The minimum atomic E-state index is -1.10. The normalized spacial score (nSPS) is 14.0. The lowest BCUT2D eigenvalue weighted by Crippen LogP contribution is -2.42. The van der Waals surface area contributed by atoms with Crippen LogP contribution in [0.25, 0.3) is 0 Å². The van der Waals surface area contributed by atoms with Gasteiger partial charge in [-0.25, -0.2) is 9.78 Å². The van der Waals surface area contributed by atoms with Crippen molar-refractivity contribution in [2.45, 2.75) is 72.4 Å². The standard InChI is InChI=1S/C13H28O5/c1-9-14-10-13(8,17-15-11(2,3)4)18-16-12(5,6)7/h9-10H2,1-8H3. The second kappa shape index (κ2) is 6.82. The van der Waals surface area contributed by atoms with Crippen LogP contribution in [-0.4, -0.2) is 30.2 Å². The SMILES string of the molecule is CCOCC(C)(OOC(C)(C)C)OOC(C)(C)C. The molecule has 110 valence electrons. The lowest BCUT2D eigenvalue weighted by molar-refractivity contribution is -0.540. The summed E-state index contributed by atoms with van der Waals surface area (Å²) in [5.74, 6) is -1.10. The van der Waals surface area contributed by atoms with Crippen LogP contribution in [0, 0.1) is 0 Å². The Morgan fingerprint density at radius 1 is 0.667 bits per heavy atom. The second-order valence-electron chi connectivity index (χ2n) is 6.33. The predicted molar refractivity (Wildman–Crippen MR) is 68.7 cm³/mol. The van der Waals surface area contributed by atoms with E-state index in [1.807, 2.05) is 48.5 Å². The Bertz CT molecular complexity index is 209. The average Bonchev–Trinajstić information content (AvgIpc) is 2.19. The molecular weight excluding hydrogens is 236 g/mol. The first-order valence-corrected chi connectivity index (χ1v) is 6.29. The van der Waals surface area contributed by atoms with E-state index < -0.39 is 17.0 Å². The number of hydrogen-bond donors (Lipinski definition) is 0. The van der Waals surface area contributed by atoms with Crippen molar-refractivity contribution in [1.82, 2.24) is 0 Å². The Balaban J connectivity index is 4.42. The van der Waals surface area contributed by atoms with E-state index in [4.69, 9.17) is 24.3 Å². The molecule has 0 radical (unpaired) electrons. The van der Waals surface area contributed by atoms with Gasteiger partial charge >= 0.3 is 0 Å². The molecule has 18 heavy (non-hydrogen) atoms. The van der Waals surface area contributed by atoms with E-state index in [-0.39, 0.29) is 6.61 Å².